The molecule has 19 heavy (non-hydrogen) atoms. The Bertz CT molecular complexity index is 549. The number of carboxylic acids is 1. The molecule has 1 aromatic rings. The van der Waals surface area contributed by atoms with Crippen molar-refractivity contribution < 1.29 is 27.6 Å². The summed E-state index contributed by atoms with van der Waals surface area (Å²) in [4.78, 5) is 10.1. The topological polar surface area (TPSA) is 104 Å². The highest BCUT2D eigenvalue weighted by Crippen LogP contribution is 2.23. The van der Waals surface area contributed by atoms with Crippen LogP contribution in [0.5, 0.6) is 5.75 Å². The number of carboxylic acid groups (broad SMARTS) is 1. The van der Waals surface area contributed by atoms with Gasteiger partial charge in [-0.05, 0) is 36.6 Å². The number of benzene rings is 1. The summed E-state index contributed by atoms with van der Waals surface area (Å²) in [5.41, 5.74) is 0.172. The quantitative estimate of drug-likeness (QED) is 0.760. The van der Waals surface area contributed by atoms with Crippen molar-refractivity contribution in [3.63, 3.8) is 0 Å². The van der Waals surface area contributed by atoms with Gasteiger partial charge >= 0.3 is 5.97 Å². The van der Waals surface area contributed by atoms with E-state index < -0.39 is 21.0 Å². The Kier molecular flexibility index (Phi) is 5.31. The van der Waals surface area contributed by atoms with Crippen molar-refractivity contribution >= 4 is 16.1 Å². The molecule has 0 bridgehead atoms. The molecule has 0 unspecified atom stereocenters. The molecule has 0 aliphatic rings. The summed E-state index contributed by atoms with van der Waals surface area (Å²) in [7, 11) is -4.62. The highest BCUT2D eigenvalue weighted by Gasteiger charge is 2.12. The Morgan fingerprint density at radius 2 is 2.11 bits per heavy atom. The molecule has 0 saturated heterocycles. The molecule has 0 atom stereocenters. The zero-order chi connectivity index (χ0) is 14.5. The summed E-state index contributed by atoms with van der Waals surface area (Å²) in [5.74, 6) is -0.635. The third kappa shape index (κ3) is 4.88. The Morgan fingerprint density at radius 1 is 1.42 bits per heavy atom. The van der Waals surface area contributed by atoms with Gasteiger partial charge in [0, 0.05) is 6.42 Å². The maximum absolute atomic E-state index is 11.1. The predicted molar refractivity (Wildman–Crippen MR) is 66.1 cm³/mol. The van der Waals surface area contributed by atoms with Gasteiger partial charge in [0.2, 0.25) is 0 Å². The number of rotatable bonds is 7. The highest BCUT2D eigenvalue weighted by molar-refractivity contribution is 7.85. The number of carbonyl (C=O) groups is 1. The first-order valence-corrected chi connectivity index (χ1v) is 7.19. The summed E-state index contributed by atoms with van der Waals surface area (Å²) in [6, 6.07) is 3.96. The summed E-state index contributed by atoms with van der Waals surface area (Å²) < 4.78 is 38.6. The second kappa shape index (κ2) is 6.53. The lowest BCUT2D eigenvalue weighted by atomic mass is 10.1. The molecule has 0 saturated carbocycles. The van der Waals surface area contributed by atoms with Crippen molar-refractivity contribution in [2.75, 3.05) is 6.61 Å². The van der Waals surface area contributed by atoms with E-state index in [1.165, 1.54) is 12.1 Å². The van der Waals surface area contributed by atoms with Crippen LogP contribution in [0.1, 0.15) is 25.3 Å². The van der Waals surface area contributed by atoms with E-state index in [-0.39, 0.29) is 18.4 Å². The van der Waals surface area contributed by atoms with Gasteiger partial charge in [0.05, 0.1) is 11.5 Å². The van der Waals surface area contributed by atoms with Crippen molar-refractivity contribution in [3.05, 3.63) is 23.8 Å². The minimum atomic E-state index is -4.62. The maximum Gasteiger partial charge on any atom is 0.303 e. The van der Waals surface area contributed by atoms with E-state index in [1.54, 1.807) is 0 Å². The SMILES string of the molecule is CCCOc1ccc(S(=O)(=O)[O-])c(CCC(=O)O)c1. The van der Waals surface area contributed by atoms with Crippen molar-refractivity contribution in [2.24, 2.45) is 0 Å². The van der Waals surface area contributed by atoms with E-state index in [2.05, 4.69) is 0 Å². The molecule has 0 spiro atoms. The largest absolute Gasteiger partial charge is 0.744 e. The van der Waals surface area contributed by atoms with E-state index in [0.29, 0.717) is 12.4 Å². The van der Waals surface area contributed by atoms with Crippen LogP contribution in [0.4, 0.5) is 0 Å². The normalized spacial score (nSPS) is 11.3. The number of aliphatic carboxylic acids is 1. The molecule has 0 fully saturated rings. The lowest BCUT2D eigenvalue weighted by Gasteiger charge is -2.14. The predicted octanol–water partition coefficient (Wildman–Crippen LogP) is 1.40. The van der Waals surface area contributed by atoms with Crippen molar-refractivity contribution in [2.45, 2.75) is 31.1 Å². The van der Waals surface area contributed by atoms with Gasteiger partial charge in [-0.2, -0.15) is 0 Å². The van der Waals surface area contributed by atoms with Crippen molar-refractivity contribution in [1.82, 2.24) is 0 Å². The van der Waals surface area contributed by atoms with Gasteiger partial charge in [-0.1, -0.05) is 6.92 Å². The van der Waals surface area contributed by atoms with Crippen LogP contribution >= 0.6 is 0 Å². The van der Waals surface area contributed by atoms with Crippen LogP contribution in [0, 0.1) is 0 Å². The molecule has 6 nitrogen and oxygen atoms in total. The minimum absolute atomic E-state index is 0.0323. The molecule has 7 heteroatoms. The first-order valence-electron chi connectivity index (χ1n) is 5.78. The third-order valence-electron chi connectivity index (χ3n) is 2.38. The van der Waals surface area contributed by atoms with Gasteiger partial charge in [0.15, 0.2) is 0 Å². The molecule has 0 aliphatic heterocycles. The third-order valence-corrected chi connectivity index (χ3v) is 3.32. The summed E-state index contributed by atoms with van der Waals surface area (Å²) in [6.45, 7) is 2.38. The molecule has 0 heterocycles. The average Bonchev–Trinajstić information content (AvgIpc) is 2.32. The number of hydrogen-bond acceptors (Lipinski definition) is 5. The van der Waals surface area contributed by atoms with Crippen LogP contribution in [0.3, 0.4) is 0 Å². The molecule has 106 valence electrons. The van der Waals surface area contributed by atoms with Crippen LogP contribution in [0.2, 0.25) is 0 Å². The van der Waals surface area contributed by atoms with Gasteiger partial charge in [-0.3, -0.25) is 4.79 Å². The smallest absolute Gasteiger partial charge is 0.303 e. The highest BCUT2D eigenvalue weighted by atomic mass is 32.2. The van der Waals surface area contributed by atoms with Crippen LogP contribution in [-0.4, -0.2) is 30.7 Å². The monoisotopic (exact) mass is 287 g/mol. The molecular formula is C12H15O6S-. The molecule has 0 aromatic heterocycles. The lowest BCUT2D eigenvalue weighted by Crippen LogP contribution is -2.07. The lowest BCUT2D eigenvalue weighted by molar-refractivity contribution is -0.136. The molecule has 0 amide bonds. The first kappa shape index (κ1) is 15.5. The standard InChI is InChI=1S/C12H16O6S/c1-2-7-18-10-4-5-11(19(15,16)17)9(8-10)3-6-12(13)14/h4-5,8H,2-3,6-7H2,1H3,(H,13,14)(H,15,16,17)/p-1. The summed E-state index contributed by atoms with van der Waals surface area (Å²) >= 11 is 0. The van der Waals surface area contributed by atoms with Crippen LogP contribution in [0.15, 0.2) is 23.1 Å². The Labute approximate surface area is 111 Å². The first-order chi connectivity index (χ1) is 8.84. The van der Waals surface area contributed by atoms with Gasteiger partial charge in [0.1, 0.15) is 15.9 Å². The Hall–Kier alpha value is -1.60. The number of hydrogen-bond donors (Lipinski definition) is 1. The van der Waals surface area contributed by atoms with E-state index in [0.717, 1.165) is 12.5 Å². The molecular weight excluding hydrogens is 272 g/mol. The summed E-state index contributed by atoms with van der Waals surface area (Å²) in [5, 5.41) is 8.62. The van der Waals surface area contributed by atoms with Gasteiger partial charge in [-0.25, -0.2) is 8.42 Å². The second-order valence-corrected chi connectivity index (χ2v) is 5.31. The number of aryl methyl sites for hydroxylation is 1. The second-order valence-electron chi connectivity index (χ2n) is 3.97. The summed E-state index contributed by atoms with van der Waals surface area (Å²) in [6.07, 6.45) is 0.501. The molecule has 0 radical (unpaired) electrons. The van der Waals surface area contributed by atoms with Crippen LogP contribution in [-0.2, 0) is 21.3 Å². The molecule has 1 rings (SSSR count). The molecule has 0 aliphatic carbocycles. The Morgan fingerprint density at radius 3 is 2.63 bits per heavy atom. The van der Waals surface area contributed by atoms with Gasteiger partial charge in [-0.15, -0.1) is 0 Å². The Balaban J connectivity index is 3.07. The van der Waals surface area contributed by atoms with E-state index >= 15 is 0 Å². The number of ether oxygens (including phenoxy) is 1. The van der Waals surface area contributed by atoms with Crippen molar-refractivity contribution in [1.29, 1.82) is 0 Å². The van der Waals surface area contributed by atoms with E-state index in [4.69, 9.17) is 9.84 Å². The fraction of sp³-hybridized carbons (Fsp3) is 0.417. The fourth-order valence-corrected chi connectivity index (χ4v) is 2.26. The van der Waals surface area contributed by atoms with Crippen molar-refractivity contribution in [3.8, 4) is 5.75 Å². The minimum Gasteiger partial charge on any atom is -0.744 e. The van der Waals surface area contributed by atoms with Gasteiger partial charge in [0.25, 0.3) is 0 Å². The maximum atomic E-state index is 11.1. The molecule has 1 N–H and O–H groups in total. The fourth-order valence-electron chi connectivity index (χ4n) is 1.55. The van der Waals surface area contributed by atoms with Crippen LogP contribution < -0.4 is 4.74 Å². The zero-order valence-corrected chi connectivity index (χ0v) is 11.3. The molecule has 1 aromatic carbocycles. The van der Waals surface area contributed by atoms with Gasteiger partial charge < -0.3 is 14.4 Å². The van der Waals surface area contributed by atoms with E-state index in [1.807, 2.05) is 6.92 Å². The average molecular weight is 287 g/mol. The zero-order valence-electron chi connectivity index (χ0n) is 10.5. The van der Waals surface area contributed by atoms with Crippen LogP contribution in [0.25, 0.3) is 0 Å². The van der Waals surface area contributed by atoms with E-state index in [9.17, 15) is 17.8 Å².